The Bertz CT molecular complexity index is 746. The highest BCUT2D eigenvalue weighted by Crippen LogP contribution is 2.48. The number of fused-ring (bicyclic) bond motifs is 2. The maximum absolute atomic E-state index is 13.6. The zero-order valence-corrected chi connectivity index (χ0v) is 13.0. The molecule has 0 heterocycles. The van der Waals surface area contributed by atoms with Crippen molar-refractivity contribution < 1.29 is 23.9 Å². The van der Waals surface area contributed by atoms with E-state index in [4.69, 9.17) is 0 Å². The summed E-state index contributed by atoms with van der Waals surface area (Å²) in [7, 11) is 0. The normalized spacial score (nSPS) is 27.1. The van der Waals surface area contributed by atoms with Crippen LogP contribution in [0.25, 0.3) is 0 Å². The lowest BCUT2D eigenvalue weighted by atomic mass is 9.82. The SMILES string of the molecule is CC(=O)Nc1cc(NC(=O)[C@H]2[C@@H](C(=O)O)[C@H]3C=C[C@H]2C3)ccc1F. The summed E-state index contributed by atoms with van der Waals surface area (Å²) in [5.41, 5.74) is 0.268. The molecule has 2 aliphatic rings. The number of carboxylic acid groups (broad SMARTS) is 1. The molecule has 2 bridgehead atoms. The second-order valence-electron chi connectivity index (χ2n) is 6.20. The number of carboxylic acids is 1. The first-order valence-corrected chi connectivity index (χ1v) is 7.66. The number of hydrogen-bond acceptors (Lipinski definition) is 3. The summed E-state index contributed by atoms with van der Waals surface area (Å²) in [6.45, 7) is 1.25. The summed E-state index contributed by atoms with van der Waals surface area (Å²) in [5.74, 6) is -4.03. The van der Waals surface area contributed by atoms with Crippen LogP contribution in [0.5, 0.6) is 0 Å². The number of halogens is 1. The maximum Gasteiger partial charge on any atom is 0.307 e. The van der Waals surface area contributed by atoms with Gasteiger partial charge < -0.3 is 15.7 Å². The van der Waals surface area contributed by atoms with Gasteiger partial charge in [-0.1, -0.05) is 12.2 Å². The van der Waals surface area contributed by atoms with Gasteiger partial charge in [0, 0.05) is 12.6 Å². The molecule has 2 aliphatic carbocycles. The number of aliphatic carboxylic acids is 1. The van der Waals surface area contributed by atoms with Crippen LogP contribution in [-0.2, 0) is 14.4 Å². The molecule has 126 valence electrons. The summed E-state index contributed by atoms with van der Waals surface area (Å²) in [4.78, 5) is 35.1. The summed E-state index contributed by atoms with van der Waals surface area (Å²) in [5, 5.41) is 14.4. The molecule has 24 heavy (non-hydrogen) atoms. The largest absolute Gasteiger partial charge is 0.481 e. The first-order chi connectivity index (χ1) is 11.4. The predicted octanol–water partition coefficient (Wildman–Crippen LogP) is 2.25. The van der Waals surface area contributed by atoms with Crippen molar-refractivity contribution in [3.05, 3.63) is 36.2 Å². The van der Waals surface area contributed by atoms with Crippen molar-refractivity contribution >= 4 is 29.2 Å². The molecule has 6 nitrogen and oxygen atoms in total. The minimum Gasteiger partial charge on any atom is -0.481 e. The molecule has 2 amide bonds. The van der Waals surface area contributed by atoms with E-state index in [0.717, 1.165) is 6.07 Å². The minimum absolute atomic E-state index is 0.0390. The van der Waals surface area contributed by atoms with Crippen LogP contribution in [0.1, 0.15) is 13.3 Å². The Hall–Kier alpha value is -2.70. The topological polar surface area (TPSA) is 95.5 Å². The molecule has 4 atom stereocenters. The van der Waals surface area contributed by atoms with Gasteiger partial charge >= 0.3 is 5.97 Å². The number of benzene rings is 1. The third-order valence-electron chi connectivity index (χ3n) is 4.59. The maximum atomic E-state index is 13.6. The van der Waals surface area contributed by atoms with Crippen LogP contribution in [0.15, 0.2) is 30.4 Å². The Morgan fingerprint density at radius 1 is 1.12 bits per heavy atom. The molecular formula is C17H17FN2O4. The minimum atomic E-state index is -0.981. The van der Waals surface area contributed by atoms with Gasteiger partial charge in [-0.3, -0.25) is 14.4 Å². The lowest BCUT2D eigenvalue weighted by molar-refractivity contribution is -0.146. The highest BCUT2D eigenvalue weighted by Gasteiger charge is 2.51. The number of rotatable bonds is 4. The highest BCUT2D eigenvalue weighted by atomic mass is 19.1. The van der Waals surface area contributed by atoms with Gasteiger partial charge in [0.05, 0.1) is 17.5 Å². The van der Waals surface area contributed by atoms with Gasteiger partial charge in [0.2, 0.25) is 11.8 Å². The molecule has 1 fully saturated rings. The van der Waals surface area contributed by atoms with Gasteiger partial charge in [0.15, 0.2) is 0 Å². The highest BCUT2D eigenvalue weighted by molar-refractivity contribution is 5.97. The van der Waals surface area contributed by atoms with Gasteiger partial charge in [0.1, 0.15) is 5.82 Å². The van der Waals surface area contributed by atoms with E-state index in [9.17, 15) is 23.9 Å². The summed E-state index contributed by atoms with van der Waals surface area (Å²) >= 11 is 0. The second kappa shape index (κ2) is 6.07. The quantitative estimate of drug-likeness (QED) is 0.737. The van der Waals surface area contributed by atoms with E-state index in [1.165, 1.54) is 19.1 Å². The van der Waals surface area contributed by atoms with Crippen LogP contribution in [0.2, 0.25) is 0 Å². The number of amides is 2. The lowest BCUT2D eigenvalue weighted by Crippen LogP contribution is -2.36. The molecule has 0 spiro atoms. The molecule has 0 aromatic heterocycles. The third-order valence-corrected chi connectivity index (χ3v) is 4.59. The van der Waals surface area contributed by atoms with Crippen LogP contribution >= 0.6 is 0 Å². The van der Waals surface area contributed by atoms with Gasteiger partial charge in [-0.15, -0.1) is 0 Å². The van der Waals surface area contributed by atoms with Gasteiger partial charge in [-0.25, -0.2) is 4.39 Å². The molecule has 1 aromatic carbocycles. The third kappa shape index (κ3) is 2.89. The number of hydrogen-bond donors (Lipinski definition) is 3. The lowest BCUT2D eigenvalue weighted by Gasteiger charge is -2.24. The van der Waals surface area contributed by atoms with E-state index in [1.807, 2.05) is 12.2 Å². The molecule has 7 heteroatoms. The summed E-state index contributed by atoms with van der Waals surface area (Å²) < 4.78 is 13.6. The molecule has 1 saturated carbocycles. The fourth-order valence-corrected chi connectivity index (χ4v) is 3.63. The van der Waals surface area contributed by atoms with Gasteiger partial charge in [-0.05, 0) is 36.5 Å². The van der Waals surface area contributed by atoms with Crippen molar-refractivity contribution in [2.24, 2.45) is 23.7 Å². The van der Waals surface area contributed by atoms with E-state index in [-0.39, 0.29) is 17.5 Å². The average molecular weight is 332 g/mol. The molecule has 0 radical (unpaired) electrons. The van der Waals surface area contributed by atoms with Crippen LogP contribution in [0.4, 0.5) is 15.8 Å². The first kappa shape index (κ1) is 16.2. The van der Waals surface area contributed by atoms with Gasteiger partial charge in [-0.2, -0.15) is 0 Å². The fourth-order valence-electron chi connectivity index (χ4n) is 3.63. The van der Waals surface area contributed by atoms with E-state index >= 15 is 0 Å². The summed E-state index contributed by atoms with van der Waals surface area (Å²) in [6, 6.07) is 3.82. The van der Waals surface area contributed by atoms with Gasteiger partial charge in [0.25, 0.3) is 0 Å². The standard InChI is InChI=1S/C17H17FN2O4/c1-8(21)19-13-7-11(4-5-12(13)18)20-16(22)14-9-2-3-10(6-9)15(14)17(23)24/h2-5,7,9-10,14-15H,6H2,1H3,(H,19,21)(H,20,22)(H,23,24)/t9-,10-,14+,15-/m0/s1. The van der Waals surface area contributed by atoms with Crippen molar-refractivity contribution in [3.8, 4) is 0 Å². The number of carbonyl (C=O) groups is 3. The summed E-state index contributed by atoms with van der Waals surface area (Å²) in [6.07, 6.45) is 4.41. The van der Waals surface area contributed by atoms with Crippen molar-refractivity contribution in [2.45, 2.75) is 13.3 Å². The number of allylic oxidation sites excluding steroid dienone is 2. The Morgan fingerprint density at radius 3 is 2.42 bits per heavy atom. The van der Waals surface area contributed by atoms with Crippen molar-refractivity contribution in [1.29, 1.82) is 0 Å². The van der Waals surface area contributed by atoms with Crippen molar-refractivity contribution in [1.82, 2.24) is 0 Å². The molecular weight excluding hydrogens is 315 g/mol. The second-order valence-corrected chi connectivity index (χ2v) is 6.20. The number of anilines is 2. The predicted molar refractivity (Wildman–Crippen MR) is 84.7 cm³/mol. The Labute approximate surface area is 137 Å². The van der Waals surface area contributed by atoms with E-state index in [2.05, 4.69) is 10.6 Å². The molecule has 0 saturated heterocycles. The van der Waals surface area contributed by atoms with Crippen molar-refractivity contribution in [2.75, 3.05) is 10.6 Å². The van der Waals surface area contributed by atoms with E-state index in [0.29, 0.717) is 12.1 Å². The Morgan fingerprint density at radius 2 is 1.79 bits per heavy atom. The molecule has 1 aromatic rings. The monoisotopic (exact) mass is 332 g/mol. The zero-order chi connectivity index (χ0) is 17.4. The van der Waals surface area contributed by atoms with E-state index < -0.39 is 35.4 Å². The van der Waals surface area contributed by atoms with Crippen LogP contribution in [0, 0.1) is 29.5 Å². The zero-order valence-electron chi connectivity index (χ0n) is 13.0. The number of carbonyl (C=O) groups excluding carboxylic acids is 2. The van der Waals surface area contributed by atoms with Crippen LogP contribution in [-0.4, -0.2) is 22.9 Å². The van der Waals surface area contributed by atoms with Crippen LogP contribution < -0.4 is 10.6 Å². The fraction of sp³-hybridized carbons (Fsp3) is 0.353. The van der Waals surface area contributed by atoms with Crippen LogP contribution in [0.3, 0.4) is 0 Å². The van der Waals surface area contributed by atoms with Crippen molar-refractivity contribution in [3.63, 3.8) is 0 Å². The van der Waals surface area contributed by atoms with E-state index in [1.54, 1.807) is 0 Å². The molecule has 3 rings (SSSR count). The molecule has 0 aliphatic heterocycles. The smallest absolute Gasteiger partial charge is 0.307 e. The first-order valence-electron chi connectivity index (χ1n) is 7.66. The Kier molecular flexibility index (Phi) is 4.09. The number of nitrogens with one attached hydrogen (secondary N) is 2. The molecule has 3 N–H and O–H groups in total. The molecule has 0 unspecified atom stereocenters. The average Bonchev–Trinajstić information content (AvgIpc) is 3.10. The Balaban J connectivity index is 1.79.